The van der Waals surface area contributed by atoms with E-state index < -0.39 is 16.9 Å². The van der Waals surface area contributed by atoms with Crippen molar-refractivity contribution in [3.05, 3.63) is 167 Å². The van der Waals surface area contributed by atoms with Crippen molar-refractivity contribution < 1.29 is 14.3 Å². The number of thioether (sulfide) groups is 1. The van der Waals surface area contributed by atoms with Crippen LogP contribution in [0.1, 0.15) is 33.7 Å². The van der Waals surface area contributed by atoms with Gasteiger partial charge in [0.15, 0.2) is 0 Å². The van der Waals surface area contributed by atoms with Gasteiger partial charge in [0, 0.05) is 11.7 Å². The summed E-state index contributed by atoms with van der Waals surface area (Å²) in [7, 11) is 0. The fraction of sp³-hybridized carbons (Fsp3) is 0.135. The largest absolute Gasteiger partial charge is 0.449 e. The Bertz CT molecular complexity index is 1510. The maximum Gasteiger partial charge on any atom is 0.407 e. The Morgan fingerprint density at radius 3 is 1.57 bits per heavy atom. The van der Waals surface area contributed by atoms with Crippen LogP contribution in [0.4, 0.5) is 4.79 Å². The Morgan fingerprint density at radius 1 is 0.690 bits per heavy atom. The monoisotopic (exact) mass is 569 g/mol. The van der Waals surface area contributed by atoms with Gasteiger partial charge in [0.25, 0.3) is 0 Å². The van der Waals surface area contributed by atoms with Gasteiger partial charge in [-0.15, -0.1) is 11.8 Å². The van der Waals surface area contributed by atoms with Crippen LogP contribution in [0.2, 0.25) is 0 Å². The van der Waals surface area contributed by atoms with Crippen LogP contribution in [0.25, 0.3) is 11.1 Å². The van der Waals surface area contributed by atoms with Crippen molar-refractivity contribution in [1.29, 1.82) is 0 Å². The molecule has 1 atom stereocenters. The minimum absolute atomic E-state index is 0.0471. The molecule has 0 bridgehead atoms. The Labute approximate surface area is 250 Å². The zero-order valence-corrected chi connectivity index (χ0v) is 23.9. The van der Waals surface area contributed by atoms with E-state index >= 15 is 0 Å². The second-order valence-electron chi connectivity index (χ2n) is 10.3. The van der Waals surface area contributed by atoms with Crippen LogP contribution in [0, 0.1) is 0 Å². The number of aldehydes is 1. The molecule has 0 aliphatic heterocycles. The molecule has 1 N–H and O–H groups in total. The van der Waals surface area contributed by atoms with Crippen molar-refractivity contribution in [1.82, 2.24) is 5.32 Å². The fourth-order valence-corrected chi connectivity index (χ4v) is 7.39. The minimum atomic E-state index is -0.735. The number of amides is 1. The van der Waals surface area contributed by atoms with E-state index in [-0.39, 0.29) is 12.5 Å². The maximum absolute atomic E-state index is 13.0. The smallest absolute Gasteiger partial charge is 0.407 e. The quantitative estimate of drug-likeness (QED) is 0.138. The van der Waals surface area contributed by atoms with Gasteiger partial charge in [0.1, 0.15) is 12.9 Å². The molecule has 1 unspecified atom stereocenters. The highest BCUT2D eigenvalue weighted by Gasteiger charge is 2.38. The molecule has 1 aliphatic rings. The topological polar surface area (TPSA) is 55.4 Å². The van der Waals surface area contributed by atoms with Gasteiger partial charge in [0.2, 0.25) is 0 Å². The van der Waals surface area contributed by atoms with E-state index in [9.17, 15) is 9.59 Å². The van der Waals surface area contributed by atoms with Gasteiger partial charge < -0.3 is 14.8 Å². The first-order chi connectivity index (χ1) is 20.7. The summed E-state index contributed by atoms with van der Waals surface area (Å²) in [6.07, 6.45) is 0.194. The highest BCUT2D eigenvalue weighted by Crippen LogP contribution is 2.48. The molecule has 208 valence electrons. The molecule has 0 heterocycles. The summed E-state index contributed by atoms with van der Waals surface area (Å²) in [5.74, 6) is 0.306. The summed E-state index contributed by atoms with van der Waals surface area (Å²) < 4.78 is 5.15. The Balaban J connectivity index is 1.21. The first kappa shape index (κ1) is 27.6. The molecule has 0 fully saturated rings. The van der Waals surface area contributed by atoms with Crippen LogP contribution in [-0.4, -0.2) is 30.8 Å². The van der Waals surface area contributed by atoms with E-state index in [0.29, 0.717) is 5.75 Å². The van der Waals surface area contributed by atoms with E-state index in [4.69, 9.17) is 4.74 Å². The van der Waals surface area contributed by atoms with E-state index in [2.05, 4.69) is 66.0 Å². The number of nitrogens with one attached hydrogen (secondary N) is 1. The zero-order chi connectivity index (χ0) is 28.8. The van der Waals surface area contributed by atoms with E-state index in [0.717, 1.165) is 34.1 Å². The number of benzene rings is 5. The van der Waals surface area contributed by atoms with Gasteiger partial charge in [0.05, 0.1) is 10.8 Å². The minimum Gasteiger partial charge on any atom is -0.449 e. The molecule has 6 rings (SSSR count). The van der Waals surface area contributed by atoms with Gasteiger partial charge in [-0.05, 0) is 38.9 Å². The molecule has 0 saturated carbocycles. The first-order valence-corrected chi connectivity index (χ1v) is 15.1. The summed E-state index contributed by atoms with van der Waals surface area (Å²) in [4.78, 5) is 25.3. The van der Waals surface area contributed by atoms with E-state index in [1.54, 1.807) is 11.8 Å². The Hall–Kier alpha value is -4.61. The Kier molecular flexibility index (Phi) is 8.20. The predicted molar refractivity (Wildman–Crippen MR) is 170 cm³/mol. The fourth-order valence-electron chi connectivity index (χ4n) is 5.89. The lowest BCUT2D eigenvalue weighted by Gasteiger charge is -2.36. The van der Waals surface area contributed by atoms with Gasteiger partial charge in [-0.2, -0.15) is 0 Å². The average molecular weight is 570 g/mol. The molecular weight excluding hydrogens is 538 g/mol. The number of hydrogen-bond donors (Lipinski definition) is 1. The summed E-state index contributed by atoms with van der Waals surface area (Å²) >= 11 is 1.63. The van der Waals surface area contributed by atoms with Crippen molar-refractivity contribution in [3.63, 3.8) is 0 Å². The van der Waals surface area contributed by atoms with E-state index in [1.165, 1.54) is 11.1 Å². The second-order valence-corrected chi connectivity index (χ2v) is 11.5. The third-order valence-corrected chi connectivity index (χ3v) is 9.50. The van der Waals surface area contributed by atoms with Gasteiger partial charge in [-0.3, -0.25) is 0 Å². The van der Waals surface area contributed by atoms with Crippen LogP contribution < -0.4 is 5.32 Å². The first-order valence-electron chi connectivity index (χ1n) is 14.1. The van der Waals surface area contributed by atoms with Gasteiger partial charge in [-0.25, -0.2) is 4.79 Å². The number of alkyl carbamates (subject to hydrolysis) is 1. The van der Waals surface area contributed by atoms with Crippen LogP contribution in [0.15, 0.2) is 140 Å². The molecule has 5 heteroatoms. The molecular formula is C37H31NO3S. The molecule has 0 spiro atoms. The third kappa shape index (κ3) is 5.36. The van der Waals surface area contributed by atoms with Crippen LogP contribution in [0.5, 0.6) is 0 Å². The summed E-state index contributed by atoms with van der Waals surface area (Å²) in [5.41, 5.74) is 7.92. The van der Waals surface area contributed by atoms with Crippen molar-refractivity contribution in [2.45, 2.75) is 16.7 Å². The lowest BCUT2D eigenvalue weighted by atomic mass is 9.84. The molecule has 0 aromatic heterocycles. The summed E-state index contributed by atoms with van der Waals surface area (Å²) in [6, 6.07) is 46.6. The standard InChI is InChI=1S/C37H31NO3S/c39-24-30(38-36(40)41-25-35-33-22-12-10-20-31(33)32-21-11-13-23-34(32)35)26-42-37(27-14-4-1-5-15-27,28-16-6-2-7-17-28)29-18-8-3-9-19-29/h1-24,30,35H,25-26H2,(H,38,40). The Morgan fingerprint density at radius 2 is 1.12 bits per heavy atom. The molecule has 1 aliphatic carbocycles. The zero-order valence-electron chi connectivity index (χ0n) is 23.1. The van der Waals surface area contributed by atoms with Crippen molar-refractivity contribution >= 4 is 24.1 Å². The molecule has 1 amide bonds. The lowest BCUT2D eigenvalue weighted by Crippen LogP contribution is -2.40. The van der Waals surface area contributed by atoms with Gasteiger partial charge >= 0.3 is 6.09 Å². The second kappa shape index (κ2) is 12.5. The van der Waals surface area contributed by atoms with Crippen LogP contribution >= 0.6 is 11.8 Å². The van der Waals surface area contributed by atoms with Gasteiger partial charge in [-0.1, -0.05) is 140 Å². The summed E-state index contributed by atoms with van der Waals surface area (Å²) in [6.45, 7) is 0.195. The average Bonchev–Trinajstić information content (AvgIpc) is 3.38. The molecule has 0 radical (unpaired) electrons. The highest BCUT2D eigenvalue weighted by molar-refractivity contribution is 8.00. The normalized spacial score (nSPS) is 13.0. The van der Waals surface area contributed by atoms with Crippen molar-refractivity contribution in [3.8, 4) is 11.1 Å². The molecule has 5 aromatic rings. The lowest BCUT2D eigenvalue weighted by molar-refractivity contribution is -0.109. The number of hydrogen-bond acceptors (Lipinski definition) is 4. The molecule has 0 saturated heterocycles. The van der Waals surface area contributed by atoms with E-state index in [1.807, 2.05) is 78.9 Å². The van der Waals surface area contributed by atoms with Crippen LogP contribution in [-0.2, 0) is 14.3 Å². The van der Waals surface area contributed by atoms with Crippen LogP contribution in [0.3, 0.4) is 0 Å². The molecule has 42 heavy (non-hydrogen) atoms. The molecule has 4 nitrogen and oxygen atoms in total. The number of rotatable bonds is 10. The molecule has 5 aromatic carbocycles. The number of carbonyl (C=O) groups is 2. The van der Waals surface area contributed by atoms with Crippen molar-refractivity contribution in [2.24, 2.45) is 0 Å². The number of fused-ring (bicyclic) bond motifs is 3. The summed E-state index contributed by atoms with van der Waals surface area (Å²) in [5, 5.41) is 2.82. The number of carbonyl (C=O) groups excluding carboxylic acids is 2. The predicted octanol–water partition coefficient (Wildman–Crippen LogP) is 7.82. The number of ether oxygens (including phenoxy) is 1. The third-order valence-electron chi connectivity index (χ3n) is 7.83. The highest BCUT2D eigenvalue weighted by atomic mass is 32.2. The van der Waals surface area contributed by atoms with Crippen molar-refractivity contribution in [2.75, 3.05) is 12.4 Å². The SMILES string of the molecule is O=CC(CSC(c1ccccc1)(c1ccccc1)c1ccccc1)NC(=O)OCC1c2ccccc2-c2ccccc21. The maximum atomic E-state index is 13.0.